The van der Waals surface area contributed by atoms with Crippen molar-refractivity contribution in [1.29, 1.82) is 0 Å². The first kappa shape index (κ1) is 15.9. The maximum atomic E-state index is 11.9. The third-order valence-electron chi connectivity index (χ3n) is 3.46. The molecule has 0 N–H and O–H groups in total. The highest BCUT2D eigenvalue weighted by Crippen LogP contribution is 2.18. The van der Waals surface area contributed by atoms with Gasteiger partial charge < -0.3 is 14.4 Å². The normalized spacial score (nSPS) is 10.1. The van der Waals surface area contributed by atoms with Crippen molar-refractivity contribution in [3.63, 3.8) is 0 Å². The van der Waals surface area contributed by atoms with Crippen LogP contribution < -0.4 is 9.47 Å². The minimum absolute atomic E-state index is 0.0330. The maximum Gasteiger partial charge on any atom is 0.220 e. The number of carbonyl (C=O) groups excluding carboxylic acids is 1. The molecular weight excluding hydrogens is 278 g/mol. The molecule has 0 aliphatic heterocycles. The summed E-state index contributed by atoms with van der Waals surface area (Å²) in [5.41, 5.74) is 2.08. The fraction of sp³-hybridized carbons (Fsp3) is 0.278. The largest absolute Gasteiger partial charge is 0.497 e. The molecule has 4 heteroatoms. The van der Waals surface area contributed by atoms with Crippen LogP contribution in [0.4, 0.5) is 0 Å². The van der Waals surface area contributed by atoms with Crippen molar-refractivity contribution >= 4 is 5.91 Å². The van der Waals surface area contributed by atoms with Crippen molar-refractivity contribution in [3.05, 3.63) is 59.7 Å². The summed E-state index contributed by atoms with van der Waals surface area (Å²) in [6, 6.07) is 15.5. The van der Waals surface area contributed by atoms with Gasteiger partial charge in [-0.1, -0.05) is 24.3 Å². The Hall–Kier alpha value is -2.49. The summed E-state index contributed by atoms with van der Waals surface area (Å²) in [6.07, 6.45) is 0. The summed E-state index contributed by atoms with van der Waals surface area (Å²) in [5.74, 6) is 1.62. The molecule has 22 heavy (non-hydrogen) atoms. The lowest BCUT2D eigenvalue weighted by Gasteiger charge is -2.22. The third kappa shape index (κ3) is 4.25. The Morgan fingerprint density at radius 3 is 1.73 bits per heavy atom. The highest BCUT2D eigenvalue weighted by atomic mass is 16.5. The second-order valence-corrected chi connectivity index (χ2v) is 5.08. The molecule has 1 amide bonds. The summed E-state index contributed by atoms with van der Waals surface area (Å²) in [7, 11) is 3.27. The van der Waals surface area contributed by atoms with Gasteiger partial charge in [-0.2, -0.15) is 0 Å². The fourth-order valence-corrected chi connectivity index (χ4v) is 2.26. The summed E-state index contributed by atoms with van der Waals surface area (Å²) in [6.45, 7) is 2.67. The van der Waals surface area contributed by atoms with Crippen molar-refractivity contribution in [3.8, 4) is 11.5 Å². The van der Waals surface area contributed by atoms with Gasteiger partial charge in [-0.05, 0) is 35.4 Å². The summed E-state index contributed by atoms with van der Waals surface area (Å²) >= 11 is 0. The van der Waals surface area contributed by atoms with Crippen molar-refractivity contribution in [2.45, 2.75) is 20.0 Å². The molecule has 0 unspecified atom stereocenters. The predicted octanol–water partition coefficient (Wildman–Crippen LogP) is 3.25. The second-order valence-electron chi connectivity index (χ2n) is 5.08. The van der Waals surface area contributed by atoms with Gasteiger partial charge in [0.1, 0.15) is 11.5 Å². The Morgan fingerprint density at radius 1 is 0.909 bits per heavy atom. The summed E-state index contributed by atoms with van der Waals surface area (Å²) in [5, 5.41) is 0. The van der Waals surface area contributed by atoms with Crippen LogP contribution in [0, 0.1) is 0 Å². The standard InChI is InChI=1S/C18H21NO3/c1-14(20)19(12-15-6-4-8-17(10-15)21-2)13-16-7-5-9-18(11-16)22-3/h4-11H,12-13H2,1-3H3. The van der Waals surface area contributed by atoms with Gasteiger partial charge in [-0.15, -0.1) is 0 Å². The van der Waals surface area contributed by atoms with Crippen LogP contribution in [0.1, 0.15) is 18.1 Å². The maximum absolute atomic E-state index is 11.9. The Labute approximate surface area is 131 Å². The second kappa shape index (κ2) is 7.50. The van der Waals surface area contributed by atoms with Gasteiger partial charge in [0.2, 0.25) is 5.91 Å². The SMILES string of the molecule is COc1cccc(CN(Cc2cccc(OC)c2)C(C)=O)c1. The first-order chi connectivity index (χ1) is 10.6. The van der Waals surface area contributed by atoms with E-state index < -0.39 is 0 Å². The van der Waals surface area contributed by atoms with E-state index in [0.29, 0.717) is 13.1 Å². The minimum atomic E-state index is 0.0330. The molecule has 0 saturated heterocycles. The highest BCUT2D eigenvalue weighted by Gasteiger charge is 2.11. The van der Waals surface area contributed by atoms with E-state index in [9.17, 15) is 4.79 Å². The Bertz CT molecular complexity index is 590. The zero-order valence-electron chi connectivity index (χ0n) is 13.2. The lowest BCUT2D eigenvalue weighted by atomic mass is 10.1. The molecule has 0 fully saturated rings. The lowest BCUT2D eigenvalue weighted by molar-refractivity contribution is -0.130. The van der Waals surface area contributed by atoms with E-state index in [2.05, 4.69) is 0 Å². The van der Waals surface area contributed by atoms with Crippen molar-refractivity contribution in [1.82, 2.24) is 4.90 Å². The molecule has 4 nitrogen and oxygen atoms in total. The molecule has 0 aromatic heterocycles. The molecule has 2 aromatic rings. The van der Waals surface area contributed by atoms with Crippen LogP contribution in [-0.2, 0) is 17.9 Å². The lowest BCUT2D eigenvalue weighted by Crippen LogP contribution is -2.27. The average Bonchev–Trinajstić information content (AvgIpc) is 2.54. The summed E-state index contributed by atoms with van der Waals surface area (Å²) in [4.78, 5) is 13.7. The number of carbonyl (C=O) groups is 1. The number of ether oxygens (including phenoxy) is 2. The number of nitrogens with zero attached hydrogens (tertiary/aromatic N) is 1. The van der Waals surface area contributed by atoms with E-state index >= 15 is 0 Å². The monoisotopic (exact) mass is 299 g/mol. The van der Waals surface area contributed by atoms with Gasteiger partial charge in [0.25, 0.3) is 0 Å². The van der Waals surface area contributed by atoms with Crippen LogP contribution in [0.2, 0.25) is 0 Å². The number of benzene rings is 2. The number of methoxy groups -OCH3 is 2. The van der Waals surface area contributed by atoms with E-state index in [1.165, 1.54) is 0 Å². The molecule has 0 aliphatic rings. The molecule has 0 bridgehead atoms. The van der Waals surface area contributed by atoms with Crippen LogP contribution in [0.5, 0.6) is 11.5 Å². The first-order valence-electron chi connectivity index (χ1n) is 7.13. The van der Waals surface area contributed by atoms with Crippen molar-refractivity contribution < 1.29 is 14.3 Å². The zero-order valence-corrected chi connectivity index (χ0v) is 13.2. The quantitative estimate of drug-likeness (QED) is 0.822. The highest BCUT2D eigenvalue weighted by molar-refractivity contribution is 5.73. The van der Waals surface area contributed by atoms with Gasteiger partial charge in [-0.3, -0.25) is 4.79 Å². The predicted molar refractivity (Wildman–Crippen MR) is 85.9 cm³/mol. The molecule has 0 atom stereocenters. The van der Waals surface area contributed by atoms with Gasteiger partial charge in [0.05, 0.1) is 14.2 Å². The van der Waals surface area contributed by atoms with Crippen LogP contribution in [0.3, 0.4) is 0 Å². The molecule has 0 aliphatic carbocycles. The van der Waals surface area contributed by atoms with E-state index in [1.807, 2.05) is 48.5 Å². The van der Waals surface area contributed by atoms with Gasteiger partial charge in [0.15, 0.2) is 0 Å². The topological polar surface area (TPSA) is 38.8 Å². The first-order valence-corrected chi connectivity index (χ1v) is 7.13. The van der Waals surface area contributed by atoms with Crippen molar-refractivity contribution in [2.75, 3.05) is 14.2 Å². The van der Waals surface area contributed by atoms with Gasteiger partial charge in [0, 0.05) is 20.0 Å². The summed E-state index contributed by atoms with van der Waals surface area (Å²) < 4.78 is 10.5. The van der Waals surface area contributed by atoms with E-state index in [1.54, 1.807) is 26.0 Å². The van der Waals surface area contributed by atoms with Gasteiger partial charge >= 0.3 is 0 Å². The van der Waals surface area contributed by atoms with Crippen LogP contribution in [0.15, 0.2) is 48.5 Å². The van der Waals surface area contributed by atoms with E-state index in [-0.39, 0.29) is 5.91 Å². The van der Waals surface area contributed by atoms with E-state index in [4.69, 9.17) is 9.47 Å². The van der Waals surface area contributed by atoms with E-state index in [0.717, 1.165) is 22.6 Å². The zero-order chi connectivity index (χ0) is 15.9. The molecule has 2 rings (SSSR count). The molecule has 0 heterocycles. The molecule has 116 valence electrons. The Morgan fingerprint density at radius 2 is 1.36 bits per heavy atom. The number of amides is 1. The van der Waals surface area contributed by atoms with Crippen LogP contribution in [-0.4, -0.2) is 25.0 Å². The molecule has 0 radical (unpaired) electrons. The smallest absolute Gasteiger partial charge is 0.220 e. The average molecular weight is 299 g/mol. The molecule has 0 saturated carbocycles. The molecular formula is C18H21NO3. The third-order valence-corrected chi connectivity index (χ3v) is 3.46. The van der Waals surface area contributed by atoms with Crippen LogP contribution in [0.25, 0.3) is 0 Å². The number of hydrogen-bond acceptors (Lipinski definition) is 3. The Kier molecular flexibility index (Phi) is 5.42. The van der Waals surface area contributed by atoms with Gasteiger partial charge in [-0.25, -0.2) is 0 Å². The Balaban J connectivity index is 2.14. The van der Waals surface area contributed by atoms with Crippen molar-refractivity contribution in [2.24, 2.45) is 0 Å². The van der Waals surface area contributed by atoms with Crippen LogP contribution >= 0.6 is 0 Å². The molecule has 0 spiro atoms. The number of hydrogen-bond donors (Lipinski definition) is 0. The molecule has 2 aromatic carbocycles. The fourth-order valence-electron chi connectivity index (χ4n) is 2.26. The minimum Gasteiger partial charge on any atom is -0.497 e. The number of rotatable bonds is 6.